The maximum absolute atomic E-state index is 13.2. The van der Waals surface area contributed by atoms with Crippen molar-refractivity contribution in [3.63, 3.8) is 0 Å². The number of ether oxygens (including phenoxy) is 1. The molecule has 1 heterocycles. The summed E-state index contributed by atoms with van der Waals surface area (Å²) in [5, 5.41) is 8.99. The Bertz CT molecular complexity index is 685. The Morgan fingerprint density at radius 2 is 1.86 bits per heavy atom. The largest absolute Gasteiger partial charge is 0.573 e. The first-order valence-electron chi connectivity index (χ1n) is 5.52. The van der Waals surface area contributed by atoms with Gasteiger partial charge in [-0.05, 0) is 12.1 Å². The number of rotatable bonds is 3. The number of hydrogen-bond acceptors (Lipinski definition) is 3. The molecule has 0 unspecified atom stereocenters. The van der Waals surface area contributed by atoms with Crippen molar-refractivity contribution in [2.24, 2.45) is 0 Å². The zero-order valence-electron chi connectivity index (χ0n) is 10.2. The van der Waals surface area contributed by atoms with Gasteiger partial charge in [-0.25, -0.2) is 14.2 Å². The number of alkyl halides is 3. The Labute approximate surface area is 115 Å². The van der Waals surface area contributed by atoms with Gasteiger partial charge in [0.05, 0.1) is 6.20 Å². The fraction of sp³-hybridized carbons (Fsp3) is 0.0769. The number of carboxylic acids is 1. The van der Waals surface area contributed by atoms with Crippen LogP contribution in [0.15, 0.2) is 36.5 Å². The first-order chi connectivity index (χ1) is 9.78. The van der Waals surface area contributed by atoms with Crippen molar-refractivity contribution in [3.8, 4) is 16.9 Å². The van der Waals surface area contributed by atoms with Gasteiger partial charge in [0.1, 0.15) is 11.6 Å². The zero-order valence-corrected chi connectivity index (χ0v) is 10.2. The van der Waals surface area contributed by atoms with Crippen molar-refractivity contribution in [1.29, 1.82) is 0 Å². The molecular weight excluding hydrogens is 294 g/mol. The number of aromatic carboxylic acids is 1. The second kappa shape index (κ2) is 5.39. The van der Waals surface area contributed by atoms with E-state index in [-0.39, 0.29) is 11.1 Å². The summed E-state index contributed by atoms with van der Waals surface area (Å²) in [6, 6.07) is 5.62. The number of para-hydroxylation sites is 1. The van der Waals surface area contributed by atoms with Crippen molar-refractivity contribution in [2.45, 2.75) is 6.36 Å². The first-order valence-corrected chi connectivity index (χ1v) is 5.52. The Morgan fingerprint density at radius 1 is 1.19 bits per heavy atom. The van der Waals surface area contributed by atoms with Crippen LogP contribution < -0.4 is 4.74 Å². The standard InChI is InChI=1S/C13H7F4NO3/c14-7-5-9(11(12(19)20)18-6-7)8-3-1-2-4-10(8)21-13(15,16)17/h1-6H,(H,19,20). The van der Waals surface area contributed by atoms with Gasteiger partial charge in [0.15, 0.2) is 5.69 Å². The average Bonchev–Trinajstić information content (AvgIpc) is 2.37. The molecule has 0 aliphatic carbocycles. The van der Waals surface area contributed by atoms with E-state index in [2.05, 4.69) is 9.72 Å². The highest BCUT2D eigenvalue weighted by atomic mass is 19.4. The lowest BCUT2D eigenvalue weighted by molar-refractivity contribution is -0.274. The van der Waals surface area contributed by atoms with Crippen LogP contribution in [0, 0.1) is 5.82 Å². The molecule has 1 aromatic carbocycles. The number of nitrogens with zero attached hydrogens (tertiary/aromatic N) is 1. The first kappa shape index (κ1) is 14.8. The molecule has 0 radical (unpaired) electrons. The van der Waals surface area contributed by atoms with E-state index in [1.807, 2.05) is 0 Å². The summed E-state index contributed by atoms with van der Waals surface area (Å²) in [7, 11) is 0. The second-order valence-corrected chi connectivity index (χ2v) is 3.90. The van der Waals surface area contributed by atoms with Crippen molar-refractivity contribution in [3.05, 3.63) is 48.0 Å². The Balaban J connectivity index is 2.62. The molecular formula is C13H7F4NO3. The predicted molar refractivity (Wildman–Crippen MR) is 63.3 cm³/mol. The average molecular weight is 301 g/mol. The monoisotopic (exact) mass is 301 g/mol. The molecule has 0 aliphatic rings. The summed E-state index contributed by atoms with van der Waals surface area (Å²) in [6.45, 7) is 0. The van der Waals surface area contributed by atoms with Crippen LogP contribution in [0.5, 0.6) is 5.75 Å². The number of aromatic nitrogens is 1. The molecule has 0 spiro atoms. The van der Waals surface area contributed by atoms with Crippen molar-refractivity contribution < 1.29 is 32.2 Å². The minimum absolute atomic E-state index is 0.223. The molecule has 4 nitrogen and oxygen atoms in total. The van der Waals surface area contributed by atoms with Crippen LogP contribution in [0.1, 0.15) is 10.5 Å². The SMILES string of the molecule is O=C(O)c1ncc(F)cc1-c1ccccc1OC(F)(F)F. The number of pyridine rings is 1. The fourth-order valence-corrected chi connectivity index (χ4v) is 1.72. The van der Waals surface area contributed by atoms with E-state index in [0.29, 0.717) is 6.20 Å². The van der Waals surface area contributed by atoms with Crippen LogP contribution >= 0.6 is 0 Å². The highest BCUT2D eigenvalue weighted by Gasteiger charge is 2.32. The lowest BCUT2D eigenvalue weighted by atomic mass is 10.0. The molecule has 8 heteroatoms. The number of carbonyl (C=O) groups is 1. The van der Waals surface area contributed by atoms with E-state index in [1.165, 1.54) is 18.2 Å². The molecule has 0 saturated heterocycles. The summed E-state index contributed by atoms with van der Waals surface area (Å²) in [6.07, 6.45) is -4.29. The van der Waals surface area contributed by atoms with Crippen LogP contribution in [0.25, 0.3) is 11.1 Å². The fourth-order valence-electron chi connectivity index (χ4n) is 1.72. The lowest BCUT2D eigenvalue weighted by Gasteiger charge is -2.14. The molecule has 21 heavy (non-hydrogen) atoms. The summed E-state index contributed by atoms with van der Waals surface area (Å²) >= 11 is 0. The molecule has 2 aromatic rings. The van der Waals surface area contributed by atoms with E-state index in [0.717, 1.165) is 12.1 Å². The third kappa shape index (κ3) is 3.47. The molecule has 0 saturated carbocycles. The summed E-state index contributed by atoms with van der Waals surface area (Å²) in [4.78, 5) is 14.4. The maximum atomic E-state index is 13.2. The number of benzene rings is 1. The maximum Gasteiger partial charge on any atom is 0.573 e. The van der Waals surface area contributed by atoms with E-state index in [4.69, 9.17) is 5.11 Å². The van der Waals surface area contributed by atoms with Crippen molar-refractivity contribution in [1.82, 2.24) is 4.98 Å². The van der Waals surface area contributed by atoms with Gasteiger partial charge >= 0.3 is 12.3 Å². The molecule has 110 valence electrons. The zero-order chi connectivity index (χ0) is 15.6. The van der Waals surface area contributed by atoms with Gasteiger partial charge in [-0.2, -0.15) is 0 Å². The van der Waals surface area contributed by atoms with Crippen LogP contribution in [-0.4, -0.2) is 22.4 Å². The molecule has 0 bridgehead atoms. The third-order valence-electron chi connectivity index (χ3n) is 2.46. The predicted octanol–water partition coefficient (Wildman–Crippen LogP) is 3.48. The Hall–Kier alpha value is -2.64. The molecule has 0 amide bonds. The number of halogens is 4. The van der Waals surface area contributed by atoms with E-state index in [9.17, 15) is 22.4 Å². The number of carboxylic acid groups (broad SMARTS) is 1. The van der Waals surface area contributed by atoms with E-state index < -0.39 is 29.6 Å². The van der Waals surface area contributed by atoms with Gasteiger partial charge in [-0.1, -0.05) is 18.2 Å². The summed E-state index contributed by atoms with van der Waals surface area (Å²) in [5.41, 5.74) is -1.10. The second-order valence-electron chi connectivity index (χ2n) is 3.90. The third-order valence-corrected chi connectivity index (χ3v) is 2.46. The van der Waals surface area contributed by atoms with Crippen LogP contribution in [0.4, 0.5) is 17.6 Å². The van der Waals surface area contributed by atoms with Crippen molar-refractivity contribution in [2.75, 3.05) is 0 Å². The van der Waals surface area contributed by atoms with E-state index >= 15 is 0 Å². The quantitative estimate of drug-likeness (QED) is 0.882. The van der Waals surface area contributed by atoms with Gasteiger partial charge in [0.2, 0.25) is 0 Å². The van der Waals surface area contributed by atoms with Crippen LogP contribution in [0.2, 0.25) is 0 Å². The van der Waals surface area contributed by atoms with Gasteiger partial charge in [0.25, 0.3) is 0 Å². The topological polar surface area (TPSA) is 59.4 Å². The van der Waals surface area contributed by atoms with Gasteiger partial charge in [0, 0.05) is 11.1 Å². The van der Waals surface area contributed by atoms with E-state index in [1.54, 1.807) is 0 Å². The highest BCUT2D eigenvalue weighted by Crippen LogP contribution is 2.35. The Kier molecular flexibility index (Phi) is 3.79. The van der Waals surface area contributed by atoms with Gasteiger partial charge in [-0.15, -0.1) is 13.2 Å². The smallest absolute Gasteiger partial charge is 0.476 e. The normalized spacial score (nSPS) is 11.2. The van der Waals surface area contributed by atoms with Gasteiger partial charge < -0.3 is 9.84 Å². The number of hydrogen-bond donors (Lipinski definition) is 1. The molecule has 1 aromatic heterocycles. The molecule has 0 aliphatic heterocycles. The molecule has 0 atom stereocenters. The van der Waals surface area contributed by atoms with Crippen molar-refractivity contribution >= 4 is 5.97 Å². The van der Waals surface area contributed by atoms with Crippen LogP contribution in [0.3, 0.4) is 0 Å². The van der Waals surface area contributed by atoms with Crippen LogP contribution in [-0.2, 0) is 0 Å². The minimum Gasteiger partial charge on any atom is -0.476 e. The molecule has 2 rings (SSSR count). The molecule has 0 fully saturated rings. The Morgan fingerprint density at radius 3 is 2.48 bits per heavy atom. The minimum atomic E-state index is -4.96. The lowest BCUT2D eigenvalue weighted by Crippen LogP contribution is -2.17. The molecule has 1 N–H and O–H groups in total. The highest BCUT2D eigenvalue weighted by molar-refractivity contribution is 5.94. The summed E-state index contributed by atoms with van der Waals surface area (Å²) < 4.78 is 54.1. The van der Waals surface area contributed by atoms with Gasteiger partial charge in [-0.3, -0.25) is 0 Å². The summed E-state index contributed by atoms with van der Waals surface area (Å²) in [5.74, 6) is -3.01.